The molecule has 0 unspecified atom stereocenters. The fraction of sp³-hybridized carbons (Fsp3) is 0.364. The third kappa shape index (κ3) is 2.91. The Morgan fingerprint density at radius 1 is 1.20 bits per heavy atom. The van der Waals surface area contributed by atoms with Crippen LogP contribution < -0.4 is 0 Å². The molecule has 0 bridgehead atoms. The highest BCUT2D eigenvalue weighted by Crippen LogP contribution is 2.31. The maximum absolute atomic E-state index is 12.4. The van der Waals surface area contributed by atoms with Crippen molar-refractivity contribution in [3.63, 3.8) is 0 Å². The molecule has 1 saturated heterocycles. The highest BCUT2D eigenvalue weighted by Gasteiger charge is 2.29. The fourth-order valence-electron chi connectivity index (χ4n) is 1.82. The van der Waals surface area contributed by atoms with Gasteiger partial charge in [-0.25, -0.2) is 13.2 Å². The van der Waals surface area contributed by atoms with Gasteiger partial charge >= 0.3 is 5.97 Å². The topological polar surface area (TPSA) is 83.9 Å². The SMILES string of the molecule is O=C(O)c1cc(Cl)c(S(=O)(=O)N2CCOCC2)cc1Cl. The van der Waals surface area contributed by atoms with Gasteiger partial charge < -0.3 is 9.84 Å². The van der Waals surface area contributed by atoms with E-state index in [0.717, 1.165) is 12.1 Å². The van der Waals surface area contributed by atoms with Crippen LogP contribution in [-0.4, -0.2) is 50.1 Å². The second-order valence-electron chi connectivity index (χ2n) is 4.08. The summed E-state index contributed by atoms with van der Waals surface area (Å²) in [6.07, 6.45) is 0. The number of hydrogen-bond acceptors (Lipinski definition) is 4. The van der Waals surface area contributed by atoms with E-state index in [2.05, 4.69) is 0 Å². The maximum atomic E-state index is 12.4. The van der Waals surface area contributed by atoms with Crippen molar-refractivity contribution in [3.8, 4) is 0 Å². The van der Waals surface area contributed by atoms with E-state index < -0.39 is 16.0 Å². The number of rotatable bonds is 3. The first-order valence-electron chi connectivity index (χ1n) is 5.64. The largest absolute Gasteiger partial charge is 0.478 e. The highest BCUT2D eigenvalue weighted by molar-refractivity contribution is 7.89. The van der Waals surface area contributed by atoms with Crippen LogP contribution in [-0.2, 0) is 14.8 Å². The minimum Gasteiger partial charge on any atom is -0.478 e. The number of hydrogen-bond donors (Lipinski definition) is 1. The Morgan fingerprint density at radius 2 is 1.80 bits per heavy atom. The van der Waals surface area contributed by atoms with Gasteiger partial charge in [-0.2, -0.15) is 4.31 Å². The number of aromatic carboxylic acids is 1. The lowest BCUT2D eigenvalue weighted by molar-refractivity contribution is 0.0697. The quantitative estimate of drug-likeness (QED) is 0.906. The number of sulfonamides is 1. The van der Waals surface area contributed by atoms with E-state index in [1.807, 2.05) is 0 Å². The zero-order chi connectivity index (χ0) is 14.9. The van der Waals surface area contributed by atoms with Gasteiger partial charge in [0, 0.05) is 13.1 Å². The van der Waals surface area contributed by atoms with E-state index >= 15 is 0 Å². The molecule has 0 radical (unpaired) electrons. The molecule has 1 aromatic carbocycles. The first-order chi connectivity index (χ1) is 9.34. The van der Waals surface area contributed by atoms with Crippen LogP contribution >= 0.6 is 23.2 Å². The maximum Gasteiger partial charge on any atom is 0.337 e. The Balaban J connectivity index is 2.46. The van der Waals surface area contributed by atoms with E-state index in [1.165, 1.54) is 4.31 Å². The summed E-state index contributed by atoms with van der Waals surface area (Å²) in [6.45, 7) is 1.05. The Kier molecular flexibility index (Phi) is 4.55. The lowest BCUT2D eigenvalue weighted by Crippen LogP contribution is -2.40. The average Bonchev–Trinajstić information content (AvgIpc) is 2.41. The normalized spacial score (nSPS) is 17.1. The van der Waals surface area contributed by atoms with Crippen LogP contribution in [0, 0.1) is 0 Å². The summed E-state index contributed by atoms with van der Waals surface area (Å²) < 4.78 is 31.2. The molecule has 110 valence electrons. The van der Waals surface area contributed by atoms with Gasteiger partial charge in [0.15, 0.2) is 0 Å². The van der Waals surface area contributed by atoms with Crippen molar-refractivity contribution in [3.05, 3.63) is 27.7 Å². The van der Waals surface area contributed by atoms with Gasteiger partial charge in [0.1, 0.15) is 4.90 Å². The van der Waals surface area contributed by atoms with Crippen LogP contribution in [0.25, 0.3) is 0 Å². The van der Waals surface area contributed by atoms with Gasteiger partial charge in [-0.1, -0.05) is 23.2 Å². The molecule has 1 aliphatic heterocycles. The molecule has 1 N–H and O–H groups in total. The van der Waals surface area contributed by atoms with Crippen LogP contribution in [0.15, 0.2) is 17.0 Å². The number of benzene rings is 1. The van der Waals surface area contributed by atoms with E-state index in [1.54, 1.807) is 0 Å². The summed E-state index contributed by atoms with van der Waals surface area (Å²) in [7, 11) is -3.81. The van der Waals surface area contributed by atoms with Crippen molar-refractivity contribution in [1.82, 2.24) is 4.31 Å². The molecule has 0 spiro atoms. The number of carboxylic acid groups (broad SMARTS) is 1. The number of ether oxygens (including phenoxy) is 1. The number of carbonyl (C=O) groups is 1. The first kappa shape index (κ1) is 15.5. The van der Waals surface area contributed by atoms with E-state index in [0.29, 0.717) is 13.2 Å². The van der Waals surface area contributed by atoms with Crippen molar-refractivity contribution < 1.29 is 23.1 Å². The van der Waals surface area contributed by atoms with Crippen LogP contribution in [0.3, 0.4) is 0 Å². The number of carboxylic acids is 1. The van der Waals surface area contributed by atoms with Gasteiger partial charge in [0.2, 0.25) is 10.0 Å². The molecule has 1 aliphatic rings. The number of nitrogens with zero attached hydrogens (tertiary/aromatic N) is 1. The minimum absolute atomic E-state index is 0.168. The van der Waals surface area contributed by atoms with Crippen molar-refractivity contribution in [2.75, 3.05) is 26.3 Å². The predicted molar refractivity (Wildman–Crippen MR) is 73.0 cm³/mol. The summed E-state index contributed by atoms with van der Waals surface area (Å²) in [5.74, 6) is -1.27. The summed E-state index contributed by atoms with van der Waals surface area (Å²) in [5.41, 5.74) is -0.238. The summed E-state index contributed by atoms with van der Waals surface area (Å²) in [4.78, 5) is 10.7. The third-order valence-corrected chi connectivity index (χ3v) is 5.52. The summed E-state index contributed by atoms with van der Waals surface area (Å²) in [5, 5.41) is 8.57. The van der Waals surface area contributed by atoms with Crippen LogP contribution in [0.4, 0.5) is 0 Å². The molecule has 0 amide bonds. The standard InChI is InChI=1S/C11H11Cl2NO5S/c12-8-6-10(9(13)5-7(8)11(15)16)20(17,18)14-1-3-19-4-2-14/h5-6H,1-4H2,(H,15,16). The molecule has 20 heavy (non-hydrogen) atoms. The summed E-state index contributed by atoms with van der Waals surface area (Å²) >= 11 is 11.7. The molecular formula is C11H11Cl2NO5S. The second kappa shape index (κ2) is 5.87. The van der Waals surface area contributed by atoms with Gasteiger partial charge in [0.25, 0.3) is 0 Å². The van der Waals surface area contributed by atoms with E-state index in [9.17, 15) is 13.2 Å². The lowest BCUT2D eigenvalue weighted by atomic mass is 10.2. The van der Waals surface area contributed by atoms with Crippen LogP contribution in [0.2, 0.25) is 10.0 Å². The molecule has 0 aliphatic carbocycles. The Labute approximate surface area is 125 Å². The molecule has 6 nitrogen and oxygen atoms in total. The van der Waals surface area contributed by atoms with Crippen LogP contribution in [0.5, 0.6) is 0 Å². The van der Waals surface area contributed by atoms with E-state index in [4.69, 9.17) is 33.0 Å². The minimum atomic E-state index is -3.81. The second-order valence-corrected chi connectivity index (χ2v) is 6.80. The Hall–Kier alpha value is -0.860. The van der Waals surface area contributed by atoms with Crippen molar-refractivity contribution in [1.29, 1.82) is 0 Å². The molecule has 2 rings (SSSR count). The Morgan fingerprint density at radius 3 is 2.35 bits per heavy atom. The first-order valence-corrected chi connectivity index (χ1v) is 7.84. The molecule has 1 aromatic rings. The molecular weight excluding hydrogens is 329 g/mol. The number of morpholine rings is 1. The Bertz CT molecular complexity index is 640. The molecule has 1 fully saturated rings. The highest BCUT2D eigenvalue weighted by atomic mass is 35.5. The molecule has 0 atom stereocenters. The number of halogens is 2. The molecule has 9 heteroatoms. The zero-order valence-corrected chi connectivity index (χ0v) is 12.5. The zero-order valence-electron chi connectivity index (χ0n) is 10.2. The van der Waals surface area contributed by atoms with Crippen molar-refractivity contribution in [2.24, 2.45) is 0 Å². The van der Waals surface area contributed by atoms with Crippen LogP contribution in [0.1, 0.15) is 10.4 Å². The summed E-state index contributed by atoms with van der Waals surface area (Å²) in [6, 6.07) is 2.11. The van der Waals surface area contributed by atoms with Gasteiger partial charge in [-0.3, -0.25) is 0 Å². The monoisotopic (exact) mass is 339 g/mol. The molecule has 0 aromatic heterocycles. The molecule has 0 saturated carbocycles. The van der Waals surface area contributed by atoms with Gasteiger partial charge in [0.05, 0.1) is 28.8 Å². The smallest absolute Gasteiger partial charge is 0.337 e. The predicted octanol–water partition coefficient (Wildman–Crippen LogP) is 1.71. The van der Waals surface area contributed by atoms with Crippen molar-refractivity contribution in [2.45, 2.75) is 4.90 Å². The van der Waals surface area contributed by atoms with Gasteiger partial charge in [-0.05, 0) is 12.1 Å². The van der Waals surface area contributed by atoms with E-state index in [-0.39, 0.29) is 33.6 Å². The lowest BCUT2D eigenvalue weighted by Gasteiger charge is -2.26. The third-order valence-electron chi connectivity index (χ3n) is 2.84. The van der Waals surface area contributed by atoms with Crippen molar-refractivity contribution >= 4 is 39.2 Å². The molecule has 1 heterocycles. The fourth-order valence-corrected chi connectivity index (χ4v) is 4.06. The average molecular weight is 340 g/mol. The van der Waals surface area contributed by atoms with Gasteiger partial charge in [-0.15, -0.1) is 0 Å².